The molecular weight excluding hydrogens is 364 g/mol. The van der Waals surface area contributed by atoms with E-state index >= 15 is 0 Å². The van der Waals surface area contributed by atoms with E-state index in [1.807, 2.05) is 30.6 Å². The van der Waals surface area contributed by atoms with Gasteiger partial charge < -0.3 is 14.8 Å². The van der Waals surface area contributed by atoms with Crippen molar-refractivity contribution in [3.8, 4) is 5.75 Å². The molecule has 0 unspecified atom stereocenters. The Labute approximate surface area is 161 Å². The van der Waals surface area contributed by atoms with Gasteiger partial charge in [0.2, 0.25) is 0 Å². The molecular formula is C19H22N4O3S. The van der Waals surface area contributed by atoms with Crippen LogP contribution in [-0.2, 0) is 18.4 Å². The molecule has 2 aromatic heterocycles. The number of carbonyl (C=O) groups excluding carboxylic acids is 1. The molecule has 0 saturated carbocycles. The van der Waals surface area contributed by atoms with E-state index in [0.717, 1.165) is 34.3 Å². The number of thiazole rings is 1. The van der Waals surface area contributed by atoms with Crippen LogP contribution in [0.4, 0.5) is 0 Å². The maximum absolute atomic E-state index is 12.8. The molecule has 1 fully saturated rings. The molecule has 0 atom stereocenters. The third-order valence-corrected chi connectivity index (χ3v) is 5.70. The second-order valence-electron chi connectivity index (χ2n) is 6.66. The average Bonchev–Trinajstić information content (AvgIpc) is 3.22. The summed E-state index contributed by atoms with van der Waals surface area (Å²) in [6, 6.07) is 5.80. The molecule has 1 N–H and O–H groups in total. The third kappa shape index (κ3) is 3.81. The van der Waals surface area contributed by atoms with Gasteiger partial charge in [0.1, 0.15) is 18.1 Å². The zero-order valence-corrected chi connectivity index (χ0v) is 16.2. The van der Waals surface area contributed by atoms with Gasteiger partial charge in [0, 0.05) is 31.7 Å². The van der Waals surface area contributed by atoms with Crippen molar-refractivity contribution in [2.75, 3.05) is 13.2 Å². The van der Waals surface area contributed by atoms with Gasteiger partial charge in [-0.1, -0.05) is 0 Å². The molecule has 142 valence electrons. The maximum atomic E-state index is 12.8. The smallest absolute Gasteiger partial charge is 0.270 e. The van der Waals surface area contributed by atoms with Gasteiger partial charge >= 0.3 is 0 Å². The average molecular weight is 386 g/mol. The molecule has 4 rings (SSSR count). The summed E-state index contributed by atoms with van der Waals surface area (Å²) in [5, 5.41) is 8.36. The highest BCUT2D eigenvalue weighted by Crippen LogP contribution is 2.25. The molecule has 1 amide bonds. The zero-order chi connectivity index (χ0) is 18.8. The number of nitrogens with zero attached hydrogens (tertiary/aromatic N) is 3. The van der Waals surface area contributed by atoms with Crippen molar-refractivity contribution in [2.45, 2.75) is 32.4 Å². The first-order chi connectivity index (χ1) is 13.1. The molecule has 7 nitrogen and oxygen atoms in total. The maximum Gasteiger partial charge on any atom is 0.270 e. The van der Waals surface area contributed by atoms with Crippen LogP contribution in [0, 0.1) is 6.92 Å². The number of aryl methyl sites for hydroxylation is 2. The van der Waals surface area contributed by atoms with E-state index in [1.54, 1.807) is 23.1 Å². The fourth-order valence-corrected chi connectivity index (χ4v) is 3.93. The molecule has 1 aliphatic heterocycles. The van der Waals surface area contributed by atoms with Crippen molar-refractivity contribution in [1.82, 2.24) is 20.1 Å². The summed E-state index contributed by atoms with van der Waals surface area (Å²) >= 11 is 1.58. The van der Waals surface area contributed by atoms with E-state index in [0.29, 0.717) is 31.3 Å². The first-order valence-corrected chi connectivity index (χ1v) is 9.87. The predicted molar refractivity (Wildman–Crippen MR) is 103 cm³/mol. The quantitative estimate of drug-likeness (QED) is 0.730. The third-order valence-electron chi connectivity index (χ3n) is 4.79. The standard InChI is InChI=1S/C19H22N4O3S/c1-12-17(27-11-20-12)10-26-14-3-4-16-15(9-14)18(23(2)22-16)19(24)21-13-5-7-25-8-6-13/h3-4,9,11,13H,5-8,10H2,1-2H3,(H,21,24). The van der Waals surface area contributed by atoms with Crippen LogP contribution < -0.4 is 10.1 Å². The van der Waals surface area contributed by atoms with Gasteiger partial charge in [0.15, 0.2) is 0 Å². The monoisotopic (exact) mass is 386 g/mol. The highest BCUT2D eigenvalue weighted by Gasteiger charge is 2.22. The molecule has 1 aliphatic rings. The van der Waals surface area contributed by atoms with Crippen LogP contribution >= 0.6 is 11.3 Å². The minimum Gasteiger partial charge on any atom is -0.488 e. The first-order valence-electron chi connectivity index (χ1n) is 8.99. The molecule has 8 heteroatoms. The SMILES string of the molecule is Cc1ncsc1COc1ccc2nn(C)c(C(=O)NC3CCOCC3)c2c1. The number of ether oxygens (including phenoxy) is 2. The molecule has 0 spiro atoms. The number of fused-ring (bicyclic) bond motifs is 1. The van der Waals surface area contributed by atoms with Crippen molar-refractivity contribution in [3.05, 3.63) is 40.0 Å². The molecule has 1 aromatic carbocycles. The lowest BCUT2D eigenvalue weighted by Gasteiger charge is -2.23. The molecule has 3 heterocycles. The minimum atomic E-state index is -0.109. The van der Waals surface area contributed by atoms with Gasteiger partial charge in [-0.2, -0.15) is 5.10 Å². The topological polar surface area (TPSA) is 78.3 Å². The van der Waals surface area contributed by atoms with Crippen LogP contribution in [0.15, 0.2) is 23.7 Å². The van der Waals surface area contributed by atoms with Crippen molar-refractivity contribution >= 4 is 28.1 Å². The fourth-order valence-electron chi connectivity index (χ4n) is 3.25. The normalized spacial score (nSPS) is 15.2. The van der Waals surface area contributed by atoms with Crippen molar-refractivity contribution in [3.63, 3.8) is 0 Å². The molecule has 0 radical (unpaired) electrons. The summed E-state index contributed by atoms with van der Waals surface area (Å²) in [6.07, 6.45) is 1.67. The van der Waals surface area contributed by atoms with Gasteiger partial charge in [-0.3, -0.25) is 9.48 Å². The second kappa shape index (κ2) is 7.66. The van der Waals surface area contributed by atoms with E-state index in [2.05, 4.69) is 15.4 Å². The van der Waals surface area contributed by atoms with Crippen molar-refractivity contribution in [1.29, 1.82) is 0 Å². The van der Waals surface area contributed by atoms with Crippen LogP contribution in [0.5, 0.6) is 5.75 Å². The lowest BCUT2D eigenvalue weighted by molar-refractivity contribution is 0.0693. The van der Waals surface area contributed by atoms with Crippen LogP contribution in [0.3, 0.4) is 0 Å². The Morgan fingerprint density at radius 2 is 2.22 bits per heavy atom. The molecule has 27 heavy (non-hydrogen) atoms. The van der Waals surface area contributed by atoms with Gasteiger partial charge in [-0.05, 0) is 38.0 Å². The van der Waals surface area contributed by atoms with Crippen molar-refractivity contribution in [2.24, 2.45) is 7.05 Å². The second-order valence-corrected chi connectivity index (χ2v) is 7.60. The first kappa shape index (κ1) is 17.9. The Morgan fingerprint density at radius 1 is 1.41 bits per heavy atom. The lowest BCUT2D eigenvalue weighted by Crippen LogP contribution is -2.39. The number of benzene rings is 1. The van der Waals surface area contributed by atoms with Crippen LogP contribution in [0.25, 0.3) is 10.9 Å². The Balaban J connectivity index is 1.55. The van der Waals surface area contributed by atoms with Gasteiger partial charge in [0.05, 0.1) is 21.6 Å². The number of rotatable bonds is 5. The summed E-state index contributed by atoms with van der Waals surface area (Å²) in [5.74, 6) is 0.603. The van der Waals surface area contributed by atoms with Crippen LogP contribution in [-0.4, -0.2) is 39.9 Å². The van der Waals surface area contributed by atoms with Crippen molar-refractivity contribution < 1.29 is 14.3 Å². The molecule has 0 bridgehead atoms. The van der Waals surface area contributed by atoms with Crippen LogP contribution in [0.1, 0.15) is 33.9 Å². The molecule has 3 aromatic rings. The summed E-state index contributed by atoms with van der Waals surface area (Å²) in [4.78, 5) is 18.2. The Hall–Kier alpha value is -2.45. The summed E-state index contributed by atoms with van der Waals surface area (Å²) < 4.78 is 12.9. The largest absolute Gasteiger partial charge is 0.488 e. The summed E-state index contributed by atoms with van der Waals surface area (Å²) in [6.45, 7) is 3.81. The van der Waals surface area contributed by atoms with Gasteiger partial charge in [-0.25, -0.2) is 4.98 Å². The highest BCUT2D eigenvalue weighted by atomic mass is 32.1. The van der Waals surface area contributed by atoms with E-state index < -0.39 is 0 Å². The lowest BCUT2D eigenvalue weighted by atomic mass is 10.1. The predicted octanol–water partition coefficient (Wildman–Crippen LogP) is 2.83. The molecule has 1 saturated heterocycles. The number of amides is 1. The highest BCUT2D eigenvalue weighted by molar-refractivity contribution is 7.09. The Kier molecular flexibility index (Phi) is 5.09. The summed E-state index contributed by atoms with van der Waals surface area (Å²) in [7, 11) is 1.79. The number of hydrogen-bond donors (Lipinski definition) is 1. The fraction of sp³-hybridized carbons (Fsp3) is 0.421. The van der Waals surface area contributed by atoms with Gasteiger partial charge in [-0.15, -0.1) is 11.3 Å². The Morgan fingerprint density at radius 3 is 2.96 bits per heavy atom. The van der Waals surface area contributed by atoms with E-state index in [4.69, 9.17) is 9.47 Å². The zero-order valence-electron chi connectivity index (χ0n) is 15.4. The van der Waals surface area contributed by atoms with E-state index in [1.165, 1.54) is 0 Å². The van der Waals surface area contributed by atoms with E-state index in [-0.39, 0.29) is 11.9 Å². The Bertz CT molecular complexity index is 959. The number of nitrogens with one attached hydrogen (secondary N) is 1. The van der Waals surface area contributed by atoms with Gasteiger partial charge in [0.25, 0.3) is 5.91 Å². The molecule has 0 aliphatic carbocycles. The number of hydrogen-bond acceptors (Lipinski definition) is 6. The number of aromatic nitrogens is 3. The van der Waals surface area contributed by atoms with Crippen LogP contribution in [0.2, 0.25) is 0 Å². The number of carbonyl (C=O) groups is 1. The summed E-state index contributed by atoms with van der Waals surface area (Å²) in [5.41, 5.74) is 4.13. The minimum absolute atomic E-state index is 0.109. The van der Waals surface area contributed by atoms with E-state index in [9.17, 15) is 4.79 Å².